The van der Waals surface area contributed by atoms with Gasteiger partial charge in [0.05, 0.1) is 11.7 Å². The molecule has 2 aromatic heterocycles. The number of pyridine rings is 1. The van der Waals surface area contributed by atoms with Gasteiger partial charge in [-0.15, -0.1) is 0 Å². The summed E-state index contributed by atoms with van der Waals surface area (Å²) in [4.78, 5) is 8.89. The first-order valence-electron chi connectivity index (χ1n) is 7.24. The number of hydrogen-bond acceptors (Lipinski definition) is 2. The first-order valence-corrected chi connectivity index (χ1v) is 7.24. The van der Waals surface area contributed by atoms with E-state index in [1.807, 2.05) is 48.8 Å². The van der Waals surface area contributed by atoms with Gasteiger partial charge in [-0.05, 0) is 29.8 Å². The van der Waals surface area contributed by atoms with Crippen molar-refractivity contribution < 1.29 is 0 Å². The summed E-state index contributed by atoms with van der Waals surface area (Å²) in [5.74, 6) is 0.986. The first-order chi connectivity index (χ1) is 10.9. The highest BCUT2D eigenvalue weighted by Crippen LogP contribution is 2.17. The molecule has 0 aliphatic carbocycles. The Hall–Kier alpha value is -2.94. The van der Waals surface area contributed by atoms with Crippen molar-refractivity contribution in [1.29, 1.82) is 0 Å². The van der Waals surface area contributed by atoms with Gasteiger partial charge < -0.3 is 4.57 Å². The van der Waals surface area contributed by atoms with E-state index in [1.165, 1.54) is 0 Å². The van der Waals surface area contributed by atoms with Crippen LogP contribution in [0.1, 0.15) is 11.4 Å². The maximum Gasteiger partial charge on any atom is 0.117 e. The van der Waals surface area contributed by atoms with Gasteiger partial charge >= 0.3 is 0 Å². The Labute approximate surface area is 128 Å². The molecule has 3 nitrogen and oxygen atoms in total. The molecule has 0 unspecified atom stereocenters. The van der Waals surface area contributed by atoms with Crippen LogP contribution in [-0.2, 0) is 6.42 Å². The van der Waals surface area contributed by atoms with Crippen LogP contribution in [0.2, 0.25) is 0 Å². The van der Waals surface area contributed by atoms with Gasteiger partial charge in [0.2, 0.25) is 0 Å². The molecule has 0 bridgehead atoms. The number of benzene rings is 2. The fraction of sp³-hybridized carbons (Fsp3) is 0.0526. The second kappa shape index (κ2) is 5.45. The molecule has 4 rings (SSSR count). The highest BCUT2D eigenvalue weighted by molar-refractivity contribution is 5.78. The molecule has 0 amide bonds. The molecule has 0 saturated carbocycles. The van der Waals surface area contributed by atoms with Crippen LogP contribution in [0.15, 0.2) is 73.1 Å². The molecule has 4 aromatic rings. The Morgan fingerprint density at radius 1 is 0.955 bits per heavy atom. The minimum atomic E-state index is 0.708. The van der Waals surface area contributed by atoms with Crippen molar-refractivity contribution in [2.45, 2.75) is 6.42 Å². The van der Waals surface area contributed by atoms with Gasteiger partial charge in [-0.3, -0.25) is 0 Å². The molecular weight excluding hydrogens is 270 g/mol. The molecule has 0 aliphatic heterocycles. The Kier molecular flexibility index (Phi) is 3.16. The third-order valence-electron chi connectivity index (χ3n) is 3.69. The number of hydrogen-bond donors (Lipinski definition) is 0. The average molecular weight is 284 g/mol. The normalized spacial score (nSPS) is 10.9. The number of imidazole rings is 1. The third-order valence-corrected chi connectivity index (χ3v) is 3.69. The zero-order valence-corrected chi connectivity index (χ0v) is 12.0. The fourth-order valence-corrected chi connectivity index (χ4v) is 2.61. The highest BCUT2D eigenvalue weighted by atomic mass is 15.1. The number of fused-ring (bicyclic) bond motifs is 1. The van der Waals surface area contributed by atoms with Gasteiger partial charge in [0.25, 0.3) is 0 Å². The highest BCUT2D eigenvalue weighted by Gasteiger charge is 2.07. The van der Waals surface area contributed by atoms with Gasteiger partial charge in [-0.2, -0.15) is 0 Å². The Morgan fingerprint density at radius 3 is 2.68 bits per heavy atom. The first kappa shape index (κ1) is 12.8. The topological polar surface area (TPSA) is 30.7 Å². The number of para-hydroxylation sites is 2. The van der Waals surface area contributed by atoms with Crippen LogP contribution < -0.4 is 0 Å². The molecular formula is C19H14N3. The van der Waals surface area contributed by atoms with Crippen LogP contribution in [0.3, 0.4) is 0 Å². The predicted octanol–water partition coefficient (Wildman–Crippen LogP) is 3.81. The van der Waals surface area contributed by atoms with Crippen molar-refractivity contribution in [1.82, 2.24) is 14.5 Å². The molecule has 0 spiro atoms. The van der Waals surface area contributed by atoms with E-state index in [4.69, 9.17) is 0 Å². The molecule has 22 heavy (non-hydrogen) atoms. The number of nitrogens with zero attached hydrogens (tertiary/aromatic N) is 3. The summed E-state index contributed by atoms with van der Waals surface area (Å²) >= 11 is 0. The smallest absolute Gasteiger partial charge is 0.117 e. The second-order valence-corrected chi connectivity index (χ2v) is 5.18. The summed E-state index contributed by atoms with van der Waals surface area (Å²) in [6.45, 7) is 0. The van der Waals surface area contributed by atoms with Crippen molar-refractivity contribution in [2.75, 3.05) is 0 Å². The number of rotatable bonds is 3. The summed E-state index contributed by atoms with van der Waals surface area (Å²) in [6, 6.07) is 20.5. The lowest BCUT2D eigenvalue weighted by molar-refractivity contribution is 0.910. The molecule has 1 radical (unpaired) electrons. The van der Waals surface area contributed by atoms with Gasteiger partial charge in [0.15, 0.2) is 0 Å². The van der Waals surface area contributed by atoms with E-state index in [1.54, 1.807) is 0 Å². The molecule has 3 heteroatoms. The Morgan fingerprint density at radius 2 is 1.77 bits per heavy atom. The van der Waals surface area contributed by atoms with E-state index in [2.05, 4.69) is 45.0 Å². The maximum absolute atomic E-state index is 4.48. The largest absolute Gasteiger partial charge is 0.303 e. The van der Waals surface area contributed by atoms with E-state index < -0.39 is 0 Å². The molecule has 2 heterocycles. The van der Waals surface area contributed by atoms with Crippen LogP contribution in [0.4, 0.5) is 0 Å². The molecule has 0 saturated heterocycles. The van der Waals surface area contributed by atoms with Gasteiger partial charge in [-0.1, -0.05) is 36.4 Å². The minimum Gasteiger partial charge on any atom is -0.303 e. The second-order valence-electron chi connectivity index (χ2n) is 5.18. The van der Waals surface area contributed by atoms with E-state index in [9.17, 15) is 0 Å². The van der Waals surface area contributed by atoms with E-state index >= 15 is 0 Å². The third kappa shape index (κ3) is 2.37. The number of aromatic nitrogens is 3. The average Bonchev–Trinajstić information content (AvgIpc) is 3.04. The monoisotopic (exact) mass is 284 g/mol. The quantitative estimate of drug-likeness (QED) is 0.572. The SMILES string of the molecule is [c]1nc2ccccc2cc1Cc1nccn1-c1ccccc1. The van der Waals surface area contributed by atoms with Crippen LogP contribution in [0.25, 0.3) is 16.6 Å². The minimum absolute atomic E-state index is 0.708. The van der Waals surface area contributed by atoms with Crippen molar-refractivity contribution in [3.05, 3.63) is 90.6 Å². The summed E-state index contributed by atoms with van der Waals surface area (Å²) in [5, 5.41) is 1.13. The summed E-state index contributed by atoms with van der Waals surface area (Å²) < 4.78 is 2.10. The van der Waals surface area contributed by atoms with Crippen molar-refractivity contribution in [3.63, 3.8) is 0 Å². The molecule has 0 aliphatic rings. The summed E-state index contributed by atoms with van der Waals surface area (Å²) in [7, 11) is 0. The van der Waals surface area contributed by atoms with Crippen molar-refractivity contribution in [3.8, 4) is 5.69 Å². The van der Waals surface area contributed by atoms with E-state index in [0.29, 0.717) is 6.42 Å². The predicted molar refractivity (Wildman–Crippen MR) is 86.9 cm³/mol. The lowest BCUT2D eigenvalue weighted by Gasteiger charge is -2.08. The van der Waals surface area contributed by atoms with Crippen molar-refractivity contribution >= 4 is 10.9 Å². The molecule has 105 valence electrons. The van der Waals surface area contributed by atoms with E-state index in [-0.39, 0.29) is 0 Å². The Balaban J connectivity index is 1.70. The Bertz CT molecular complexity index is 910. The van der Waals surface area contributed by atoms with Crippen LogP contribution in [0, 0.1) is 6.20 Å². The molecule has 0 fully saturated rings. The summed E-state index contributed by atoms with van der Waals surface area (Å²) in [6.07, 6.45) is 7.65. The standard InChI is InChI=1S/C19H14N3/c1-2-7-17(8-3-1)22-11-10-20-19(22)13-15-12-16-6-4-5-9-18(16)21-14-15/h1-12H,13H2. The zero-order valence-electron chi connectivity index (χ0n) is 12.0. The lowest BCUT2D eigenvalue weighted by Crippen LogP contribution is -2.02. The molecule has 0 atom stereocenters. The fourth-order valence-electron chi connectivity index (χ4n) is 2.61. The van der Waals surface area contributed by atoms with Crippen LogP contribution in [-0.4, -0.2) is 14.5 Å². The van der Waals surface area contributed by atoms with Crippen LogP contribution in [0.5, 0.6) is 0 Å². The van der Waals surface area contributed by atoms with Gasteiger partial charge in [0.1, 0.15) is 5.82 Å². The van der Waals surface area contributed by atoms with Gasteiger partial charge in [0, 0.05) is 29.9 Å². The molecule has 2 aromatic carbocycles. The van der Waals surface area contributed by atoms with Crippen molar-refractivity contribution in [2.24, 2.45) is 0 Å². The lowest BCUT2D eigenvalue weighted by atomic mass is 10.1. The molecule has 0 N–H and O–H groups in total. The van der Waals surface area contributed by atoms with E-state index in [0.717, 1.165) is 28.0 Å². The maximum atomic E-state index is 4.48. The zero-order chi connectivity index (χ0) is 14.8. The summed E-state index contributed by atoms with van der Waals surface area (Å²) in [5.41, 5.74) is 3.13. The van der Waals surface area contributed by atoms with Gasteiger partial charge in [-0.25, -0.2) is 9.97 Å². The van der Waals surface area contributed by atoms with Crippen LogP contribution >= 0.6 is 0 Å².